The van der Waals surface area contributed by atoms with Crippen molar-refractivity contribution in [3.8, 4) is 0 Å². The summed E-state index contributed by atoms with van der Waals surface area (Å²) in [6.07, 6.45) is 1.83. The van der Waals surface area contributed by atoms with E-state index in [0.717, 1.165) is 19.0 Å². The molecule has 0 aliphatic carbocycles. The summed E-state index contributed by atoms with van der Waals surface area (Å²) in [6, 6.07) is 0. The molecule has 0 radical (unpaired) electrons. The number of nitrogens with zero attached hydrogens (tertiary/aromatic N) is 1. The highest BCUT2D eigenvalue weighted by molar-refractivity contribution is 5.75. The second-order valence-electron chi connectivity index (χ2n) is 3.94. The van der Waals surface area contributed by atoms with E-state index in [1.165, 1.54) is 6.42 Å². The van der Waals surface area contributed by atoms with Gasteiger partial charge in [-0.15, -0.1) is 0 Å². The molecule has 2 unspecified atom stereocenters. The third kappa shape index (κ3) is 1.99. The quantitative estimate of drug-likeness (QED) is 0.587. The van der Waals surface area contributed by atoms with E-state index in [0.29, 0.717) is 18.2 Å². The van der Waals surface area contributed by atoms with Crippen LogP contribution in [0.2, 0.25) is 0 Å². The van der Waals surface area contributed by atoms with Gasteiger partial charge < -0.3 is 4.90 Å². The number of rotatable bonds is 1. The summed E-state index contributed by atoms with van der Waals surface area (Å²) in [5, 5.41) is 0. The van der Waals surface area contributed by atoms with Gasteiger partial charge in [-0.3, -0.25) is 4.79 Å². The summed E-state index contributed by atoms with van der Waals surface area (Å²) < 4.78 is 0. The SMILES string of the molecule is CCC(=O)N1CCC(C)C(C)C1. The summed E-state index contributed by atoms with van der Waals surface area (Å²) in [5.74, 6) is 1.77. The predicted molar refractivity (Wildman–Crippen MR) is 49.8 cm³/mol. The Kier molecular flexibility index (Phi) is 3.12. The third-order valence-corrected chi connectivity index (χ3v) is 2.99. The van der Waals surface area contributed by atoms with Crippen molar-refractivity contribution in [1.82, 2.24) is 4.90 Å². The average molecular weight is 169 g/mol. The zero-order valence-corrected chi connectivity index (χ0v) is 8.34. The zero-order valence-electron chi connectivity index (χ0n) is 8.34. The van der Waals surface area contributed by atoms with E-state index < -0.39 is 0 Å². The van der Waals surface area contributed by atoms with Crippen molar-refractivity contribution in [2.24, 2.45) is 11.8 Å². The van der Waals surface area contributed by atoms with Crippen LogP contribution in [-0.4, -0.2) is 23.9 Å². The maximum Gasteiger partial charge on any atom is 0.222 e. The van der Waals surface area contributed by atoms with Crippen LogP contribution in [0.4, 0.5) is 0 Å². The maximum absolute atomic E-state index is 11.3. The fourth-order valence-electron chi connectivity index (χ4n) is 1.71. The molecule has 1 saturated heterocycles. The molecule has 1 heterocycles. The molecule has 2 nitrogen and oxygen atoms in total. The van der Waals surface area contributed by atoms with Crippen LogP contribution in [0.25, 0.3) is 0 Å². The standard InChI is InChI=1S/C10H19NO/c1-4-10(12)11-6-5-8(2)9(3)7-11/h8-9H,4-7H2,1-3H3. The molecular formula is C10H19NO. The molecular weight excluding hydrogens is 150 g/mol. The third-order valence-electron chi connectivity index (χ3n) is 2.99. The molecule has 1 aliphatic rings. The van der Waals surface area contributed by atoms with E-state index in [9.17, 15) is 4.79 Å². The molecule has 1 rings (SSSR count). The van der Waals surface area contributed by atoms with E-state index >= 15 is 0 Å². The summed E-state index contributed by atoms with van der Waals surface area (Å²) in [5.41, 5.74) is 0. The monoisotopic (exact) mass is 169 g/mol. The van der Waals surface area contributed by atoms with Crippen molar-refractivity contribution >= 4 is 5.91 Å². The lowest BCUT2D eigenvalue weighted by Gasteiger charge is -2.35. The summed E-state index contributed by atoms with van der Waals surface area (Å²) in [6.45, 7) is 8.38. The van der Waals surface area contributed by atoms with Gasteiger partial charge in [0.05, 0.1) is 0 Å². The number of hydrogen-bond acceptors (Lipinski definition) is 1. The van der Waals surface area contributed by atoms with Crippen molar-refractivity contribution < 1.29 is 4.79 Å². The lowest BCUT2D eigenvalue weighted by atomic mass is 9.88. The van der Waals surface area contributed by atoms with Crippen LogP contribution in [-0.2, 0) is 4.79 Å². The summed E-state index contributed by atoms with van der Waals surface area (Å²) in [7, 11) is 0. The van der Waals surface area contributed by atoms with E-state index in [4.69, 9.17) is 0 Å². The highest BCUT2D eigenvalue weighted by Gasteiger charge is 2.24. The molecule has 0 saturated carbocycles. The van der Waals surface area contributed by atoms with Crippen molar-refractivity contribution in [1.29, 1.82) is 0 Å². The first-order valence-corrected chi connectivity index (χ1v) is 4.93. The van der Waals surface area contributed by atoms with Gasteiger partial charge in [0.15, 0.2) is 0 Å². The minimum absolute atomic E-state index is 0.314. The van der Waals surface area contributed by atoms with E-state index in [-0.39, 0.29) is 0 Å². The smallest absolute Gasteiger partial charge is 0.222 e. The molecule has 12 heavy (non-hydrogen) atoms. The van der Waals surface area contributed by atoms with Crippen LogP contribution in [0, 0.1) is 11.8 Å². The van der Waals surface area contributed by atoms with E-state index in [2.05, 4.69) is 13.8 Å². The summed E-state index contributed by atoms with van der Waals surface area (Å²) in [4.78, 5) is 13.3. The number of amides is 1. The second-order valence-corrected chi connectivity index (χ2v) is 3.94. The Morgan fingerprint density at radius 2 is 2.08 bits per heavy atom. The van der Waals surface area contributed by atoms with Crippen molar-refractivity contribution in [3.63, 3.8) is 0 Å². The molecule has 0 aromatic carbocycles. The Bertz CT molecular complexity index is 167. The van der Waals surface area contributed by atoms with Crippen LogP contribution in [0.1, 0.15) is 33.6 Å². The van der Waals surface area contributed by atoms with Crippen molar-refractivity contribution in [2.45, 2.75) is 33.6 Å². The van der Waals surface area contributed by atoms with Gasteiger partial charge in [-0.2, -0.15) is 0 Å². The lowest BCUT2D eigenvalue weighted by molar-refractivity contribution is -0.133. The molecule has 1 fully saturated rings. The van der Waals surface area contributed by atoms with Gasteiger partial charge >= 0.3 is 0 Å². The molecule has 0 bridgehead atoms. The van der Waals surface area contributed by atoms with Crippen LogP contribution in [0.15, 0.2) is 0 Å². The molecule has 0 aromatic rings. The first-order valence-electron chi connectivity index (χ1n) is 4.93. The predicted octanol–water partition coefficient (Wildman–Crippen LogP) is 1.90. The van der Waals surface area contributed by atoms with Gasteiger partial charge in [-0.25, -0.2) is 0 Å². The fraction of sp³-hybridized carbons (Fsp3) is 0.900. The van der Waals surface area contributed by atoms with Crippen LogP contribution >= 0.6 is 0 Å². The van der Waals surface area contributed by atoms with Gasteiger partial charge in [0.25, 0.3) is 0 Å². The molecule has 0 spiro atoms. The Morgan fingerprint density at radius 3 is 2.58 bits per heavy atom. The summed E-state index contributed by atoms with van der Waals surface area (Å²) >= 11 is 0. The molecule has 1 aliphatic heterocycles. The van der Waals surface area contributed by atoms with Crippen molar-refractivity contribution in [2.75, 3.05) is 13.1 Å². The van der Waals surface area contributed by atoms with Gasteiger partial charge in [0.2, 0.25) is 5.91 Å². The van der Waals surface area contributed by atoms with E-state index in [1.54, 1.807) is 0 Å². The average Bonchev–Trinajstić information content (AvgIpc) is 2.08. The molecule has 2 atom stereocenters. The molecule has 1 amide bonds. The topological polar surface area (TPSA) is 20.3 Å². The Morgan fingerprint density at radius 1 is 1.42 bits per heavy atom. The number of likely N-dealkylation sites (tertiary alicyclic amines) is 1. The van der Waals surface area contributed by atoms with Gasteiger partial charge in [0, 0.05) is 19.5 Å². The first-order chi connectivity index (χ1) is 5.65. The number of carbonyl (C=O) groups excluding carboxylic acids is 1. The van der Waals surface area contributed by atoms with Crippen molar-refractivity contribution in [3.05, 3.63) is 0 Å². The lowest BCUT2D eigenvalue weighted by Crippen LogP contribution is -2.41. The minimum Gasteiger partial charge on any atom is -0.342 e. The molecule has 0 N–H and O–H groups in total. The van der Waals surface area contributed by atoms with E-state index in [1.807, 2.05) is 11.8 Å². The fourth-order valence-corrected chi connectivity index (χ4v) is 1.71. The Balaban J connectivity index is 2.45. The van der Waals surface area contributed by atoms with Crippen LogP contribution < -0.4 is 0 Å². The first kappa shape index (κ1) is 9.56. The normalized spacial score (nSPS) is 30.4. The van der Waals surface area contributed by atoms with Gasteiger partial charge in [0.1, 0.15) is 0 Å². The van der Waals surface area contributed by atoms with Gasteiger partial charge in [-0.05, 0) is 18.3 Å². The van der Waals surface area contributed by atoms with Crippen LogP contribution in [0.3, 0.4) is 0 Å². The largest absolute Gasteiger partial charge is 0.342 e. The number of piperidine rings is 1. The minimum atomic E-state index is 0.314. The molecule has 70 valence electrons. The second kappa shape index (κ2) is 3.92. The highest BCUT2D eigenvalue weighted by Crippen LogP contribution is 2.22. The molecule has 2 heteroatoms. The Hall–Kier alpha value is -0.530. The number of carbonyl (C=O) groups is 1. The van der Waals surface area contributed by atoms with Gasteiger partial charge in [-0.1, -0.05) is 20.8 Å². The van der Waals surface area contributed by atoms with Crippen LogP contribution in [0.5, 0.6) is 0 Å². The zero-order chi connectivity index (χ0) is 9.14. The maximum atomic E-state index is 11.3. The molecule has 0 aromatic heterocycles. The Labute approximate surface area is 74.9 Å². The highest BCUT2D eigenvalue weighted by atomic mass is 16.2. The number of hydrogen-bond donors (Lipinski definition) is 0.